The third-order valence-corrected chi connectivity index (χ3v) is 3.97. The van der Waals surface area contributed by atoms with E-state index in [1.165, 1.54) is 43.5 Å². The van der Waals surface area contributed by atoms with Crippen LogP contribution in [0.1, 0.15) is 30.9 Å². The minimum Gasteiger partial charge on any atom is -0.330 e. The number of hydrogen-bond acceptors (Lipinski definition) is 2. The van der Waals surface area contributed by atoms with Gasteiger partial charge in [-0.25, -0.2) is 0 Å². The lowest BCUT2D eigenvalue weighted by Gasteiger charge is -2.29. The maximum atomic E-state index is 5.76. The summed E-state index contributed by atoms with van der Waals surface area (Å²) in [5, 5.41) is 0. The summed E-state index contributed by atoms with van der Waals surface area (Å²) < 4.78 is 0. The molecule has 0 aliphatic carbocycles. The van der Waals surface area contributed by atoms with Crippen LogP contribution in [0, 0.1) is 5.92 Å². The van der Waals surface area contributed by atoms with Crippen molar-refractivity contribution in [2.24, 2.45) is 11.7 Å². The molecule has 17 heavy (non-hydrogen) atoms. The van der Waals surface area contributed by atoms with Crippen LogP contribution in [0.3, 0.4) is 0 Å². The first-order chi connectivity index (χ1) is 8.33. The SMILES string of the molecule is CCC(CN)CCN1CCc2ccccc2C1. The Labute approximate surface area is 105 Å². The number of fused-ring (bicyclic) bond motifs is 1. The molecule has 0 saturated carbocycles. The molecule has 1 unspecified atom stereocenters. The lowest BCUT2D eigenvalue weighted by Crippen LogP contribution is -2.32. The van der Waals surface area contributed by atoms with Gasteiger partial charge in [-0.15, -0.1) is 0 Å². The molecule has 2 N–H and O–H groups in total. The van der Waals surface area contributed by atoms with E-state index < -0.39 is 0 Å². The van der Waals surface area contributed by atoms with Gasteiger partial charge in [0.05, 0.1) is 0 Å². The Balaban J connectivity index is 1.86. The molecule has 1 aliphatic heterocycles. The standard InChI is InChI=1S/C15H24N2/c1-2-13(11-16)7-9-17-10-8-14-5-3-4-6-15(14)12-17/h3-6,13H,2,7-12,16H2,1H3. The van der Waals surface area contributed by atoms with Gasteiger partial charge < -0.3 is 5.73 Å². The molecule has 1 heterocycles. The maximum Gasteiger partial charge on any atom is 0.0236 e. The van der Waals surface area contributed by atoms with E-state index in [9.17, 15) is 0 Å². The van der Waals surface area contributed by atoms with Gasteiger partial charge in [0.2, 0.25) is 0 Å². The van der Waals surface area contributed by atoms with Crippen LogP contribution >= 0.6 is 0 Å². The van der Waals surface area contributed by atoms with Crippen LogP contribution < -0.4 is 5.73 Å². The van der Waals surface area contributed by atoms with Crippen molar-refractivity contribution in [2.75, 3.05) is 19.6 Å². The third-order valence-electron chi connectivity index (χ3n) is 3.97. The van der Waals surface area contributed by atoms with Crippen LogP contribution in [-0.2, 0) is 13.0 Å². The third kappa shape index (κ3) is 3.30. The molecule has 0 fully saturated rings. The van der Waals surface area contributed by atoms with Crippen molar-refractivity contribution in [1.82, 2.24) is 4.90 Å². The van der Waals surface area contributed by atoms with Gasteiger partial charge in [-0.3, -0.25) is 4.90 Å². The molecule has 0 bridgehead atoms. The minimum atomic E-state index is 0.701. The molecular formula is C15H24N2. The molecule has 0 saturated heterocycles. The lowest BCUT2D eigenvalue weighted by atomic mass is 9.98. The lowest BCUT2D eigenvalue weighted by molar-refractivity contribution is 0.233. The van der Waals surface area contributed by atoms with E-state index in [2.05, 4.69) is 36.1 Å². The summed E-state index contributed by atoms with van der Waals surface area (Å²) in [6.45, 7) is 6.60. The molecule has 0 aromatic heterocycles. The highest BCUT2D eigenvalue weighted by molar-refractivity contribution is 5.28. The zero-order valence-corrected chi connectivity index (χ0v) is 10.9. The molecule has 1 atom stereocenters. The highest BCUT2D eigenvalue weighted by Crippen LogP contribution is 2.19. The van der Waals surface area contributed by atoms with E-state index in [-0.39, 0.29) is 0 Å². The Morgan fingerprint density at radius 3 is 2.76 bits per heavy atom. The van der Waals surface area contributed by atoms with Crippen molar-refractivity contribution in [2.45, 2.75) is 32.7 Å². The Kier molecular flexibility index (Phi) is 4.57. The van der Waals surface area contributed by atoms with Crippen molar-refractivity contribution in [1.29, 1.82) is 0 Å². The van der Waals surface area contributed by atoms with Crippen molar-refractivity contribution >= 4 is 0 Å². The van der Waals surface area contributed by atoms with Gasteiger partial charge in [0.25, 0.3) is 0 Å². The first-order valence-electron chi connectivity index (χ1n) is 6.82. The zero-order chi connectivity index (χ0) is 12.1. The van der Waals surface area contributed by atoms with Gasteiger partial charge in [-0.05, 0) is 43.0 Å². The van der Waals surface area contributed by atoms with Crippen molar-refractivity contribution in [3.05, 3.63) is 35.4 Å². The molecule has 94 valence electrons. The zero-order valence-electron chi connectivity index (χ0n) is 10.9. The van der Waals surface area contributed by atoms with E-state index in [1.54, 1.807) is 0 Å². The van der Waals surface area contributed by atoms with E-state index in [1.807, 2.05) is 0 Å². The van der Waals surface area contributed by atoms with E-state index in [0.29, 0.717) is 5.92 Å². The summed E-state index contributed by atoms with van der Waals surface area (Å²) in [6.07, 6.45) is 3.66. The first-order valence-corrected chi connectivity index (χ1v) is 6.82. The number of hydrogen-bond donors (Lipinski definition) is 1. The van der Waals surface area contributed by atoms with E-state index >= 15 is 0 Å². The highest BCUT2D eigenvalue weighted by Gasteiger charge is 2.16. The minimum absolute atomic E-state index is 0.701. The van der Waals surface area contributed by atoms with Gasteiger partial charge in [-0.2, -0.15) is 0 Å². The number of nitrogens with zero attached hydrogens (tertiary/aromatic N) is 1. The van der Waals surface area contributed by atoms with E-state index in [4.69, 9.17) is 5.73 Å². The quantitative estimate of drug-likeness (QED) is 0.845. The molecule has 1 aromatic rings. The fraction of sp³-hybridized carbons (Fsp3) is 0.600. The first kappa shape index (κ1) is 12.6. The smallest absolute Gasteiger partial charge is 0.0236 e. The summed E-state index contributed by atoms with van der Waals surface area (Å²) in [7, 11) is 0. The summed E-state index contributed by atoms with van der Waals surface area (Å²) in [4.78, 5) is 2.57. The van der Waals surface area contributed by atoms with Crippen molar-refractivity contribution < 1.29 is 0 Å². The maximum absolute atomic E-state index is 5.76. The summed E-state index contributed by atoms with van der Waals surface area (Å²) >= 11 is 0. The predicted octanol–water partition coefficient (Wildman–Crippen LogP) is 2.42. The Morgan fingerprint density at radius 2 is 2.06 bits per heavy atom. The van der Waals surface area contributed by atoms with Gasteiger partial charge in [0.15, 0.2) is 0 Å². The van der Waals surface area contributed by atoms with Crippen LogP contribution in [0.15, 0.2) is 24.3 Å². The van der Waals surface area contributed by atoms with Gasteiger partial charge >= 0.3 is 0 Å². The Bertz CT molecular complexity index is 345. The van der Waals surface area contributed by atoms with Gasteiger partial charge in [-0.1, -0.05) is 37.6 Å². The second kappa shape index (κ2) is 6.18. The fourth-order valence-electron chi connectivity index (χ4n) is 2.60. The Morgan fingerprint density at radius 1 is 1.29 bits per heavy atom. The largest absolute Gasteiger partial charge is 0.330 e. The van der Waals surface area contributed by atoms with Crippen LogP contribution in [0.5, 0.6) is 0 Å². The molecule has 2 rings (SSSR count). The topological polar surface area (TPSA) is 29.3 Å². The average Bonchev–Trinajstić information content (AvgIpc) is 2.40. The normalized spacial score (nSPS) is 17.8. The number of nitrogens with two attached hydrogens (primary N) is 1. The molecular weight excluding hydrogens is 208 g/mol. The monoisotopic (exact) mass is 232 g/mol. The van der Waals surface area contributed by atoms with Crippen molar-refractivity contribution in [3.63, 3.8) is 0 Å². The second-order valence-corrected chi connectivity index (χ2v) is 5.09. The summed E-state index contributed by atoms with van der Waals surface area (Å²) in [5.41, 5.74) is 8.81. The van der Waals surface area contributed by atoms with Crippen LogP contribution in [-0.4, -0.2) is 24.5 Å². The molecule has 1 aliphatic rings. The predicted molar refractivity (Wildman–Crippen MR) is 72.9 cm³/mol. The van der Waals surface area contributed by atoms with E-state index in [0.717, 1.165) is 13.1 Å². The number of benzene rings is 1. The molecule has 2 nitrogen and oxygen atoms in total. The van der Waals surface area contributed by atoms with Gasteiger partial charge in [0.1, 0.15) is 0 Å². The van der Waals surface area contributed by atoms with Crippen LogP contribution in [0.25, 0.3) is 0 Å². The fourth-order valence-corrected chi connectivity index (χ4v) is 2.60. The molecule has 0 spiro atoms. The second-order valence-electron chi connectivity index (χ2n) is 5.09. The molecule has 2 heteroatoms. The molecule has 0 amide bonds. The highest BCUT2D eigenvalue weighted by atomic mass is 15.1. The Hall–Kier alpha value is -0.860. The summed E-state index contributed by atoms with van der Waals surface area (Å²) in [5.74, 6) is 0.701. The van der Waals surface area contributed by atoms with Gasteiger partial charge in [0, 0.05) is 13.1 Å². The number of rotatable bonds is 5. The van der Waals surface area contributed by atoms with Crippen molar-refractivity contribution in [3.8, 4) is 0 Å². The van der Waals surface area contributed by atoms with Crippen LogP contribution in [0.4, 0.5) is 0 Å². The molecule has 0 radical (unpaired) electrons. The average molecular weight is 232 g/mol. The summed E-state index contributed by atoms with van der Waals surface area (Å²) in [6, 6.07) is 8.83. The molecule has 1 aromatic carbocycles. The van der Waals surface area contributed by atoms with Crippen LogP contribution in [0.2, 0.25) is 0 Å².